The van der Waals surface area contributed by atoms with E-state index in [4.69, 9.17) is 0 Å². The van der Waals surface area contributed by atoms with Crippen LogP contribution in [0.2, 0.25) is 0 Å². The minimum Gasteiger partial charge on any atom is -0.303 e. The molecule has 0 saturated carbocycles. The molecule has 1 aromatic rings. The molecule has 1 heteroatoms. The van der Waals surface area contributed by atoms with E-state index in [0.717, 1.165) is 18.3 Å². The second-order valence-corrected chi connectivity index (χ2v) is 3.56. The van der Waals surface area contributed by atoms with E-state index in [1.807, 2.05) is 30.3 Å². The first-order chi connectivity index (χ1) is 6.24. The predicted octanol–water partition coefficient (Wildman–Crippen LogP) is 2.97. The van der Waals surface area contributed by atoms with Crippen LogP contribution in [0.3, 0.4) is 0 Å². The van der Waals surface area contributed by atoms with E-state index in [1.54, 1.807) is 0 Å². The molecule has 0 amide bonds. The van der Waals surface area contributed by atoms with Gasteiger partial charge in [-0.1, -0.05) is 44.2 Å². The Hall–Kier alpha value is -1.11. The Bertz CT molecular complexity index is 251. The van der Waals surface area contributed by atoms with E-state index in [1.165, 1.54) is 5.92 Å². The van der Waals surface area contributed by atoms with Crippen LogP contribution in [0.5, 0.6) is 0 Å². The van der Waals surface area contributed by atoms with Gasteiger partial charge in [0.25, 0.3) is 0 Å². The molecule has 0 saturated heterocycles. The fourth-order valence-corrected chi connectivity index (χ4v) is 1.38. The summed E-state index contributed by atoms with van der Waals surface area (Å²) in [7, 11) is 0. The molecule has 0 bridgehead atoms. The fourth-order valence-electron chi connectivity index (χ4n) is 1.38. The first-order valence-corrected chi connectivity index (χ1v) is 4.53. The minimum absolute atomic E-state index is 0.0335. The van der Waals surface area contributed by atoms with Crippen LogP contribution in [0.1, 0.15) is 31.7 Å². The van der Waals surface area contributed by atoms with Crippen molar-refractivity contribution in [3.05, 3.63) is 41.8 Å². The molecule has 0 N–H and O–H groups in total. The molecular formula is C12H15O. The Morgan fingerprint density at radius 3 is 2.38 bits per heavy atom. The molecule has 1 atom stereocenters. The van der Waals surface area contributed by atoms with Gasteiger partial charge in [-0.25, -0.2) is 0 Å². The standard InChI is InChI=1S/C12H15O/c1-10(2)8-12(9-13)11-6-4-3-5-7-11/h3-7,9,12H,8H2,1-2H3. The van der Waals surface area contributed by atoms with Crippen LogP contribution in [0.4, 0.5) is 0 Å². The van der Waals surface area contributed by atoms with E-state index in [9.17, 15) is 4.79 Å². The topological polar surface area (TPSA) is 17.1 Å². The second-order valence-electron chi connectivity index (χ2n) is 3.56. The maximum Gasteiger partial charge on any atom is 0.127 e. The number of benzene rings is 1. The van der Waals surface area contributed by atoms with Crippen LogP contribution in [0, 0.1) is 5.92 Å². The average Bonchev–Trinajstić information content (AvgIpc) is 2.15. The van der Waals surface area contributed by atoms with E-state index in [2.05, 4.69) is 13.8 Å². The summed E-state index contributed by atoms with van der Waals surface area (Å²) < 4.78 is 0. The number of hydrogen-bond acceptors (Lipinski definition) is 1. The molecule has 0 aromatic heterocycles. The summed E-state index contributed by atoms with van der Waals surface area (Å²) in [6, 6.07) is 9.91. The van der Waals surface area contributed by atoms with Crippen LogP contribution in [0.25, 0.3) is 0 Å². The van der Waals surface area contributed by atoms with Gasteiger partial charge in [-0.05, 0) is 17.9 Å². The minimum atomic E-state index is 0.0335. The third kappa shape index (κ3) is 3.02. The van der Waals surface area contributed by atoms with Gasteiger partial charge in [-0.15, -0.1) is 0 Å². The van der Waals surface area contributed by atoms with E-state index < -0.39 is 0 Å². The molecule has 69 valence electrons. The zero-order chi connectivity index (χ0) is 9.68. The summed E-state index contributed by atoms with van der Waals surface area (Å²) in [5, 5.41) is 0. The maximum atomic E-state index is 10.8. The molecule has 1 rings (SSSR count). The molecule has 0 fully saturated rings. The average molecular weight is 175 g/mol. The predicted molar refractivity (Wildman–Crippen MR) is 54.5 cm³/mol. The molecular weight excluding hydrogens is 160 g/mol. The summed E-state index contributed by atoms with van der Waals surface area (Å²) in [5.74, 6) is 1.33. The molecule has 1 radical (unpaired) electrons. The largest absolute Gasteiger partial charge is 0.303 e. The number of rotatable bonds is 4. The van der Waals surface area contributed by atoms with Gasteiger partial charge < -0.3 is 4.79 Å². The Kier molecular flexibility index (Phi) is 3.69. The third-order valence-electron chi connectivity index (χ3n) is 2.02. The lowest BCUT2D eigenvalue weighted by Gasteiger charge is -2.12. The van der Waals surface area contributed by atoms with E-state index in [0.29, 0.717) is 0 Å². The Balaban J connectivity index is 2.73. The first-order valence-electron chi connectivity index (χ1n) is 4.53. The maximum absolute atomic E-state index is 10.8. The third-order valence-corrected chi connectivity index (χ3v) is 2.02. The summed E-state index contributed by atoms with van der Waals surface area (Å²) in [5.41, 5.74) is 1.11. The van der Waals surface area contributed by atoms with Gasteiger partial charge in [0, 0.05) is 5.92 Å². The van der Waals surface area contributed by atoms with E-state index in [-0.39, 0.29) is 5.92 Å². The lowest BCUT2D eigenvalue weighted by molar-refractivity contribution is -0.109. The highest BCUT2D eigenvalue weighted by Gasteiger charge is 2.11. The molecule has 0 aliphatic heterocycles. The molecule has 1 nitrogen and oxygen atoms in total. The van der Waals surface area contributed by atoms with Crippen molar-refractivity contribution in [3.8, 4) is 0 Å². The van der Waals surface area contributed by atoms with Crippen LogP contribution >= 0.6 is 0 Å². The molecule has 0 aliphatic carbocycles. The van der Waals surface area contributed by atoms with Crippen LogP contribution in [-0.4, -0.2) is 6.29 Å². The quantitative estimate of drug-likeness (QED) is 0.643. The summed E-state index contributed by atoms with van der Waals surface area (Å²) >= 11 is 0. The van der Waals surface area contributed by atoms with Gasteiger partial charge in [-0.3, -0.25) is 0 Å². The van der Waals surface area contributed by atoms with Crippen molar-refractivity contribution in [2.24, 2.45) is 0 Å². The highest BCUT2D eigenvalue weighted by atomic mass is 16.1. The van der Waals surface area contributed by atoms with Crippen LogP contribution in [-0.2, 0) is 4.79 Å². The Morgan fingerprint density at radius 2 is 1.92 bits per heavy atom. The SMILES string of the molecule is C[C](C)CC(C=O)c1ccccc1. The van der Waals surface area contributed by atoms with Crippen LogP contribution in [0.15, 0.2) is 30.3 Å². The number of carbonyl (C=O) groups excluding carboxylic acids is 1. The second kappa shape index (κ2) is 4.80. The lowest BCUT2D eigenvalue weighted by atomic mass is 9.92. The zero-order valence-corrected chi connectivity index (χ0v) is 8.16. The molecule has 0 aliphatic rings. The van der Waals surface area contributed by atoms with Crippen molar-refractivity contribution in [2.45, 2.75) is 26.2 Å². The van der Waals surface area contributed by atoms with E-state index >= 15 is 0 Å². The van der Waals surface area contributed by atoms with Crippen molar-refractivity contribution in [3.63, 3.8) is 0 Å². The van der Waals surface area contributed by atoms with Crippen molar-refractivity contribution >= 4 is 6.29 Å². The van der Waals surface area contributed by atoms with Gasteiger partial charge in [0.15, 0.2) is 0 Å². The zero-order valence-electron chi connectivity index (χ0n) is 8.16. The number of hydrogen-bond donors (Lipinski definition) is 0. The van der Waals surface area contributed by atoms with Gasteiger partial charge in [0.1, 0.15) is 6.29 Å². The van der Waals surface area contributed by atoms with Crippen molar-refractivity contribution in [1.29, 1.82) is 0 Å². The number of carbonyl (C=O) groups is 1. The molecule has 1 aromatic carbocycles. The van der Waals surface area contributed by atoms with Crippen molar-refractivity contribution in [2.75, 3.05) is 0 Å². The van der Waals surface area contributed by atoms with Crippen LogP contribution < -0.4 is 0 Å². The van der Waals surface area contributed by atoms with Crippen molar-refractivity contribution in [1.82, 2.24) is 0 Å². The van der Waals surface area contributed by atoms with Crippen molar-refractivity contribution < 1.29 is 4.79 Å². The summed E-state index contributed by atoms with van der Waals surface area (Å²) in [6.07, 6.45) is 1.88. The highest BCUT2D eigenvalue weighted by molar-refractivity contribution is 5.62. The molecule has 0 spiro atoms. The molecule has 13 heavy (non-hydrogen) atoms. The smallest absolute Gasteiger partial charge is 0.127 e. The van der Waals surface area contributed by atoms with Gasteiger partial charge in [-0.2, -0.15) is 0 Å². The lowest BCUT2D eigenvalue weighted by Crippen LogP contribution is -2.02. The van der Waals surface area contributed by atoms with Gasteiger partial charge in [0.2, 0.25) is 0 Å². The van der Waals surface area contributed by atoms with Gasteiger partial charge in [0.05, 0.1) is 0 Å². The Morgan fingerprint density at radius 1 is 1.31 bits per heavy atom. The fraction of sp³-hybridized carbons (Fsp3) is 0.333. The van der Waals surface area contributed by atoms with Gasteiger partial charge >= 0.3 is 0 Å². The highest BCUT2D eigenvalue weighted by Crippen LogP contribution is 2.21. The number of aldehydes is 1. The first kappa shape index (κ1) is 9.97. The monoisotopic (exact) mass is 175 g/mol. The molecule has 0 heterocycles. The normalized spacial score (nSPS) is 12.8. The summed E-state index contributed by atoms with van der Waals surface area (Å²) in [6.45, 7) is 4.11. The molecule has 1 unspecified atom stereocenters. The summed E-state index contributed by atoms with van der Waals surface area (Å²) in [4.78, 5) is 10.8. The Labute approximate surface area is 79.8 Å².